The van der Waals surface area contributed by atoms with Gasteiger partial charge in [-0.15, -0.1) is 11.3 Å². The molecule has 0 radical (unpaired) electrons. The Morgan fingerprint density at radius 1 is 1.33 bits per heavy atom. The molecule has 0 aliphatic heterocycles. The molecule has 0 unspecified atom stereocenters. The van der Waals surface area contributed by atoms with Gasteiger partial charge in [0.15, 0.2) is 10.1 Å². The maximum Gasteiger partial charge on any atom is 0.194 e. The summed E-state index contributed by atoms with van der Waals surface area (Å²) in [5.74, 6) is 0.795. The molecular formula is C16H17N5OS2. The van der Waals surface area contributed by atoms with Crippen molar-refractivity contribution in [2.75, 3.05) is 12.4 Å². The second-order valence-electron chi connectivity index (χ2n) is 5.13. The van der Waals surface area contributed by atoms with Crippen molar-refractivity contribution in [1.82, 2.24) is 14.8 Å². The van der Waals surface area contributed by atoms with Gasteiger partial charge < -0.3 is 10.1 Å². The van der Waals surface area contributed by atoms with Crippen LogP contribution in [0.5, 0.6) is 5.75 Å². The summed E-state index contributed by atoms with van der Waals surface area (Å²) >= 11 is 6.86. The summed E-state index contributed by atoms with van der Waals surface area (Å²) in [5.41, 5.74) is 6.70. The number of nitrogens with one attached hydrogen (secondary N) is 2. The minimum Gasteiger partial charge on any atom is -0.497 e. The van der Waals surface area contributed by atoms with Gasteiger partial charge in [-0.3, -0.25) is 9.83 Å². The Morgan fingerprint density at radius 2 is 2.08 bits per heavy atom. The van der Waals surface area contributed by atoms with Gasteiger partial charge >= 0.3 is 0 Å². The van der Waals surface area contributed by atoms with E-state index in [-0.39, 0.29) is 0 Å². The Kier molecular flexibility index (Phi) is 4.77. The lowest BCUT2D eigenvalue weighted by atomic mass is 10.3. The molecule has 0 atom stereocenters. The number of hydrazone groups is 1. The molecular weight excluding hydrogens is 342 g/mol. The number of methoxy groups -OCH3 is 1. The van der Waals surface area contributed by atoms with Crippen molar-refractivity contribution in [2.45, 2.75) is 13.8 Å². The Morgan fingerprint density at radius 3 is 2.79 bits per heavy atom. The lowest BCUT2D eigenvalue weighted by Gasteiger charge is -2.07. The number of thiazole rings is 1. The van der Waals surface area contributed by atoms with Crippen LogP contribution in [0.2, 0.25) is 0 Å². The maximum atomic E-state index is 5.24. The van der Waals surface area contributed by atoms with E-state index in [1.807, 2.05) is 38.1 Å². The lowest BCUT2D eigenvalue weighted by Crippen LogP contribution is -2.23. The molecule has 124 valence electrons. The van der Waals surface area contributed by atoms with E-state index >= 15 is 0 Å². The summed E-state index contributed by atoms with van der Waals surface area (Å²) in [7, 11) is 1.63. The fourth-order valence-electron chi connectivity index (χ4n) is 2.26. The van der Waals surface area contributed by atoms with Crippen LogP contribution in [-0.4, -0.2) is 27.8 Å². The van der Waals surface area contributed by atoms with E-state index in [0.29, 0.717) is 5.11 Å². The van der Waals surface area contributed by atoms with Gasteiger partial charge in [0.1, 0.15) is 5.75 Å². The monoisotopic (exact) mass is 359 g/mol. The van der Waals surface area contributed by atoms with E-state index in [0.717, 1.165) is 33.5 Å². The average Bonchev–Trinajstić information content (AvgIpc) is 3.08. The minimum absolute atomic E-state index is 0.414. The number of hydrogen-bond donors (Lipinski definition) is 2. The lowest BCUT2D eigenvalue weighted by molar-refractivity contribution is 0.415. The second-order valence-corrected chi connectivity index (χ2v) is 6.37. The van der Waals surface area contributed by atoms with Gasteiger partial charge in [0, 0.05) is 16.8 Å². The van der Waals surface area contributed by atoms with Crippen LogP contribution < -0.4 is 15.5 Å². The Bertz CT molecular complexity index is 895. The summed E-state index contributed by atoms with van der Waals surface area (Å²) in [5, 5.41) is 9.76. The Balaban J connectivity index is 1.65. The van der Waals surface area contributed by atoms with Crippen molar-refractivity contribution >= 4 is 45.5 Å². The largest absolute Gasteiger partial charge is 0.497 e. The maximum absolute atomic E-state index is 5.24. The zero-order valence-electron chi connectivity index (χ0n) is 13.5. The number of rotatable bonds is 4. The number of aryl methyl sites for hydroxylation is 2. The number of thiocarbonyl (C=S) groups is 1. The molecule has 6 nitrogen and oxygen atoms in total. The Hall–Kier alpha value is -2.45. The van der Waals surface area contributed by atoms with E-state index in [1.54, 1.807) is 24.7 Å². The SMILES string of the molecule is COc1ccc(NC(=S)N/N=C/c2c(C)nc3scc(C)n23)cc1. The highest BCUT2D eigenvalue weighted by molar-refractivity contribution is 7.80. The van der Waals surface area contributed by atoms with Gasteiger partial charge in [0.05, 0.1) is 24.7 Å². The molecule has 8 heteroatoms. The van der Waals surface area contributed by atoms with Crippen LogP contribution in [0.4, 0.5) is 5.69 Å². The third-order valence-corrected chi connectivity index (χ3v) is 4.59. The molecule has 2 N–H and O–H groups in total. The summed E-state index contributed by atoms with van der Waals surface area (Å²) in [6.45, 7) is 4.01. The highest BCUT2D eigenvalue weighted by Gasteiger charge is 2.10. The van der Waals surface area contributed by atoms with Gasteiger partial charge in [0.25, 0.3) is 0 Å². The molecule has 0 saturated heterocycles. The first kappa shape index (κ1) is 16.4. The zero-order valence-corrected chi connectivity index (χ0v) is 15.2. The number of imidazole rings is 1. The van der Waals surface area contributed by atoms with Crippen molar-refractivity contribution in [1.29, 1.82) is 0 Å². The summed E-state index contributed by atoms with van der Waals surface area (Å²) in [6.07, 6.45) is 1.73. The molecule has 0 fully saturated rings. The normalized spacial score (nSPS) is 11.1. The van der Waals surface area contributed by atoms with E-state index < -0.39 is 0 Å². The first-order chi connectivity index (χ1) is 11.6. The fourth-order valence-corrected chi connectivity index (χ4v) is 3.35. The van der Waals surface area contributed by atoms with Gasteiger partial charge in [-0.2, -0.15) is 5.10 Å². The van der Waals surface area contributed by atoms with Crippen molar-refractivity contribution < 1.29 is 4.74 Å². The molecule has 2 heterocycles. The molecule has 0 bridgehead atoms. The first-order valence-electron chi connectivity index (χ1n) is 7.25. The summed E-state index contributed by atoms with van der Waals surface area (Å²) in [4.78, 5) is 5.48. The van der Waals surface area contributed by atoms with E-state index in [1.165, 1.54) is 0 Å². The van der Waals surface area contributed by atoms with E-state index in [9.17, 15) is 0 Å². The zero-order chi connectivity index (χ0) is 17.1. The molecule has 3 rings (SSSR count). The fraction of sp³-hybridized carbons (Fsp3) is 0.188. The van der Waals surface area contributed by atoms with Crippen molar-refractivity contribution in [2.24, 2.45) is 5.10 Å². The van der Waals surface area contributed by atoms with Crippen LogP contribution in [0.3, 0.4) is 0 Å². The van der Waals surface area contributed by atoms with Crippen LogP contribution in [0.1, 0.15) is 17.1 Å². The predicted octanol–water partition coefficient (Wildman–Crippen LogP) is 3.34. The van der Waals surface area contributed by atoms with Crippen LogP contribution in [0.25, 0.3) is 4.96 Å². The first-order valence-corrected chi connectivity index (χ1v) is 8.54. The third-order valence-electron chi connectivity index (χ3n) is 3.45. The minimum atomic E-state index is 0.414. The Labute approximate surface area is 149 Å². The quantitative estimate of drug-likeness (QED) is 0.425. The molecule has 0 saturated carbocycles. The van der Waals surface area contributed by atoms with Gasteiger partial charge in [-0.1, -0.05) is 0 Å². The average molecular weight is 359 g/mol. The van der Waals surface area contributed by atoms with Gasteiger partial charge in [0.2, 0.25) is 0 Å². The topological polar surface area (TPSA) is 63.0 Å². The third kappa shape index (κ3) is 3.39. The van der Waals surface area contributed by atoms with E-state index in [4.69, 9.17) is 17.0 Å². The van der Waals surface area contributed by atoms with Gasteiger partial charge in [-0.25, -0.2) is 4.98 Å². The highest BCUT2D eigenvalue weighted by Crippen LogP contribution is 2.19. The van der Waals surface area contributed by atoms with Crippen LogP contribution in [0, 0.1) is 13.8 Å². The standard InChI is InChI=1S/C16H17N5OS2/c1-10-9-24-16-18-11(2)14(21(10)16)8-17-20-15(23)19-12-4-6-13(22-3)7-5-12/h4-9H,1-3H3,(H2,19,20,23)/b17-8+. The molecule has 24 heavy (non-hydrogen) atoms. The molecule has 0 aliphatic rings. The summed E-state index contributed by atoms with van der Waals surface area (Å²) in [6, 6.07) is 7.49. The molecule has 0 amide bonds. The summed E-state index contributed by atoms with van der Waals surface area (Å²) < 4.78 is 7.20. The van der Waals surface area contributed by atoms with Crippen LogP contribution >= 0.6 is 23.6 Å². The number of anilines is 1. The van der Waals surface area contributed by atoms with Crippen molar-refractivity contribution in [3.05, 3.63) is 46.7 Å². The van der Waals surface area contributed by atoms with Crippen molar-refractivity contribution in [3.8, 4) is 5.75 Å². The number of nitrogens with zero attached hydrogens (tertiary/aromatic N) is 3. The smallest absolute Gasteiger partial charge is 0.194 e. The van der Waals surface area contributed by atoms with Crippen molar-refractivity contribution in [3.63, 3.8) is 0 Å². The van der Waals surface area contributed by atoms with Crippen LogP contribution in [0.15, 0.2) is 34.7 Å². The second kappa shape index (κ2) is 6.98. The number of ether oxygens (including phenoxy) is 1. The number of fused-ring (bicyclic) bond motifs is 1. The molecule has 0 spiro atoms. The van der Waals surface area contributed by atoms with Crippen LogP contribution in [-0.2, 0) is 0 Å². The molecule has 3 aromatic rings. The highest BCUT2D eigenvalue weighted by atomic mass is 32.1. The number of benzene rings is 1. The molecule has 0 aliphatic carbocycles. The number of hydrogen-bond acceptors (Lipinski definition) is 5. The predicted molar refractivity (Wildman–Crippen MR) is 102 cm³/mol. The molecule has 1 aromatic carbocycles. The van der Waals surface area contributed by atoms with Gasteiger partial charge in [-0.05, 0) is 50.3 Å². The van der Waals surface area contributed by atoms with E-state index in [2.05, 4.69) is 30.6 Å². The number of aromatic nitrogens is 2. The molecule has 2 aromatic heterocycles.